The Balaban J connectivity index is 2.14. The lowest BCUT2D eigenvalue weighted by Crippen LogP contribution is -2.28. The van der Waals surface area contributed by atoms with E-state index in [9.17, 15) is 4.79 Å². The predicted molar refractivity (Wildman–Crippen MR) is 97.5 cm³/mol. The second kappa shape index (κ2) is 8.42. The third-order valence-corrected chi connectivity index (χ3v) is 4.12. The fraction of sp³-hybridized carbons (Fsp3) is 0.350. The molecule has 134 valence electrons. The van der Waals surface area contributed by atoms with Crippen molar-refractivity contribution in [3.05, 3.63) is 53.1 Å². The first-order valence-electron chi connectivity index (χ1n) is 8.14. The van der Waals surface area contributed by atoms with E-state index in [1.54, 1.807) is 33.5 Å². The fourth-order valence-corrected chi connectivity index (χ4v) is 2.87. The van der Waals surface area contributed by atoms with E-state index < -0.39 is 0 Å². The van der Waals surface area contributed by atoms with Crippen LogP contribution in [0, 0.1) is 6.92 Å². The van der Waals surface area contributed by atoms with Crippen molar-refractivity contribution in [3.8, 4) is 17.2 Å². The number of nitrogens with one attached hydrogen (secondary N) is 1. The molecule has 1 N–H and O–H groups in total. The number of rotatable bonds is 7. The van der Waals surface area contributed by atoms with Gasteiger partial charge in [0.05, 0.1) is 33.8 Å². The summed E-state index contributed by atoms with van der Waals surface area (Å²) in [5, 5.41) is 3.04. The summed E-state index contributed by atoms with van der Waals surface area (Å²) in [5.41, 5.74) is 3.06. The van der Waals surface area contributed by atoms with E-state index in [-0.39, 0.29) is 18.4 Å². The molecule has 5 heteroatoms. The Morgan fingerprint density at radius 2 is 1.64 bits per heavy atom. The van der Waals surface area contributed by atoms with Crippen molar-refractivity contribution in [1.29, 1.82) is 0 Å². The molecule has 0 saturated heterocycles. The lowest BCUT2D eigenvalue weighted by atomic mass is 10.0. The normalized spacial score (nSPS) is 11.6. The topological polar surface area (TPSA) is 56.8 Å². The molecule has 2 aromatic rings. The summed E-state index contributed by atoms with van der Waals surface area (Å²) in [7, 11) is 4.67. The molecule has 0 bridgehead atoms. The largest absolute Gasteiger partial charge is 0.493 e. The van der Waals surface area contributed by atoms with Crippen LogP contribution in [0.5, 0.6) is 17.2 Å². The van der Waals surface area contributed by atoms with Gasteiger partial charge >= 0.3 is 0 Å². The molecule has 1 unspecified atom stereocenters. The minimum atomic E-state index is -0.0648. The highest BCUT2D eigenvalue weighted by atomic mass is 16.5. The van der Waals surface area contributed by atoms with Crippen molar-refractivity contribution >= 4 is 5.91 Å². The van der Waals surface area contributed by atoms with E-state index in [1.807, 2.05) is 38.1 Å². The molecule has 5 nitrogen and oxygen atoms in total. The maximum Gasteiger partial charge on any atom is 0.224 e. The summed E-state index contributed by atoms with van der Waals surface area (Å²) < 4.78 is 16.0. The van der Waals surface area contributed by atoms with Gasteiger partial charge in [0.2, 0.25) is 11.7 Å². The van der Waals surface area contributed by atoms with Crippen LogP contribution in [-0.4, -0.2) is 27.2 Å². The minimum Gasteiger partial charge on any atom is -0.493 e. The van der Waals surface area contributed by atoms with E-state index in [4.69, 9.17) is 14.2 Å². The van der Waals surface area contributed by atoms with Crippen LogP contribution in [0.1, 0.15) is 29.7 Å². The van der Waals surface area contributed by atoms with Crippen LogP contribution in [-0.2, 0) is 11.2 Å². The van der Waals surface area contributed by atoms with Crippen LogP contribution in [0.4, 0.5) is 0 Å². The quantitative estimate of drug-likeness (QED) is 0.837. The van der Waals surface area contributed by atoms with E-state index in [0.717, 1.165) is 16.7 Å². The molecule has 2 rings (SSSR count). The second-order valence-corrected chi connectivity index (χ2v) is 5.86. The lowest BCUT2D eigenvalue weighted by molar-refractivity contribution is -0.121. The Kier molecular flexibility index (Phi) is 6.28. The molecular formula is C20H25NO4. The van der Waals surface area contributed by atoms with Gasteiger partial charge in [-0.15, -0.1) is 0 Å². The summed E-state index contributed by atoms with van der Waals surface area (Å²) in [6, 6.07) is 11.6. The van der Waals surface area contributed by atoms with Crippen molar-refractivity contribution in [2.24, 2.45) is 0 Å². The van der Waals surface area contributed by atoms with Gasteiger partial charge in [0, 0.05) is 0 Å². The van der Waals surface area contributed by atoms with Gasteiger partial charge in [0.15, 0.2) is 11.5 Å². The third-order valence-electron chi connectivity index (χ3n) is 4.12. The van der Waals surface area contributed by atoms with Crippen molar-refractivity contribution in [1.82, 2.24) is 5.32 Å². The molecule has 2 aromatic carbocycles. The molecule has 0 spiro atoms. The number of methoxy groups -OCH3 is 3. The summed E-state index contributed by atoms with van der Waals surface area (Å²) in [6.45, 7) is 4.02. The highest BCUT2D eigenvalue weighted by Crippen LogP contribution is 2.38. The van der Waals surface area contributed by atoms with E-state index in [2.05, 4.69) is 5.32 Å². The number of aryl methyl sites for hydroxylation is 1. The number of benzene rings is 2. The summed E-state index contributed by atoms with van der Waals surface area (Å²) in [6.07, 6.45) is 0.229. The third kappa shape index (κ3) is 4.44. The molecular weight excluding hydrogens is 318 g/mol. The molecule has 1 atom stereocenters. The number of carbonyl (C=O) groups is 1. The molecule has 0 aliphatic carbocycles. The van der Waals surface area contributed by atoms with Gasteiger partial charge in [-0.2, -0.15) is 0 Å². The van der Waals surface area contributed by atoms with Crippen LogP contribution in [0.3, 0.4) is 0 Å². The number of hydrogen-bond donors (Lipinski definition) is 1. The summed E-state index contributed by atoms with van der Waals surface area (Å²) in [5.74, 6) is 1.53. The molecule has 0 aromatic heterocycles. The summed E-state index contributed by atoms with van der Waals surface area (Å²) in [4.78, 5) is 12.4. The zero-order valence-electron chi connectivity index (χ0n) is 15.4. The van der Waals surface area contributed by atoms with Gasteiger partial charge in [-0.05, 0) is 42.7 Å². The number of amides is 1. The van der Waals surface area contributed by atoms with Crippen LogP contribution in [0.25, 0.3) is 0 Å². The van der Waals surface area contributed by atoms with Crippen molar-refractivity contribution in [3.63, 3.8) is 0 Å². The SMILES string of the molecule is COc1cc(CC(=O)NC(C)c2ccccc2C)cc(OC)c1OC. The smallest absolute Gasteiger partial charge is 0.224 e. The fourth-order valence-electron chi connectivity index (χ4n) is 2.87. The zero-order chi connectivity index (χ0) is 18.4. The van der Waals surface area contributed by atoms with Gasteiger partial charge < -0.3 is 19.5 Å². The monoisotopic (exact) mass is 343 g/mol. The Morgan fingerprint density at radius 3 is 2.16 bits per heavy atom. The Bertz CT molecular complexity index is 717. The van der Waals surface area contributed by atoms with Gasteiger partial charge in [0.1, 0.15) is 0 Å². The van der Waals surface area contributed by atoms with Crippen LogP contribution < -0.4 is 19.5 Å². The molecule has 25 heavy (non-hydrogen) atoms. The maximum absolute atomic E-state index is 12.4. The number of carbonyl (C=O) groups excluding carboxylic acids is 1. The zero-order valence-corrected chi connectivity index (χ0v) is 15.4. The van der Waals surface area contributed by atoms with E-state index in [1.165, 1.54) is 0 Å². The molecule has 0 aliphatic rings. The molecule has 0 radical (unpaired) electrons. The number of hydrogen-bond acceptors (Lipinski definition) is 4. The first kappa shape index (κ1) is 18.6. The van der Waals surface area contributed by atoms with Gasteiger partial charge in [-0.3, -0.25) is 4.79 Å². The standard InChI is InChI=1S/C20H25NO4/c1-13-8-6-7-9-16(13)14(2)21-19(22)12-15-10-17(23-3)20(25-5)18(11-15)24-4/h6-11,14H,12H2,1-5H3,(H,21,22). The molecule has 0 saturated carbocycles. The average Bonchev–Trinajstić information content (AvgIpc) is 2.60. The molecule has 0 fully saturated rings. The summed E-state index contributed by atoms with van der Waals surface area (Å²) >= 11 is 0. The van der Waals surface area contributed by atoms with Gasteiger partial charge in [-0.1, -0.05) is 24.3 Å². The van der Waals surface area contributed by atoms with E-state index in [0.29, 0.717) is 17.2 Å². The predicted octanol–water partition coefficient (Wildman–Crippen LogP) is 3.44. The van der Waals surface area contributed by atoms with E-state index >= 15 is 0 Å². The Labute approximate surface area is 148 Å². The van der Waals surface area contributed by atoms with Crippen molar-refractivity contribution < 1.29 is 19.0 Å². The van der Waals surface area contributed by atoms with Crippen molar-refractivity contribution in [2.45, 2.75) is 26.3 Å². The van der Waals surface area contributed by atoms with Gasteiger partial charge in [-0.25, -0.2) is 0 Å². The van der Waals surface area contributed by atoms with Crippen molar-refractivity contribution in [2.75, 3.05) is 21.3 Å². The first-order valence-corrected chi connectivity index (χ1v) is 8.14. The maximum atomic E-state index is 12.4. The van der Waals surface area contributed by atoms with Crippen LogP contribution in [0.15, 0.2) is 36.4 Å². The first-order chi connectivity index (χ1) is 12.0. The molecule has 0 aliphatic heterocycles. The Hall–Kier alpha value is -2.69. The number of ether oxygens (including phenoxy) is 3. The highest BCUT2D eigenvalue weighted by molar-refractivity contribution is 5.79. The molecule has 0 heterocycles. The highest BCUT2D eigenvalue weighted by Gasteiger charge is 2.16. The van der Waals surface area contributed by atoms with Crippen LogP contribution >= 0.6 is 0 Å². The Morgan fingerprint density at radius 1 is 1.04 bits per heavy atom. The molecule has 1 amide bonds. The van der Waals surface area contributed by atoms with Gasteiger partial charge in [0.25, 0.3) is 0 Å². The average molecular weight is 343 g/mol. The lowest BCUT2D eigenvalue weighted by Gasteiger charge is -2.17. The second-order valence-electron chi connectivity index (χ2n) is 5.86. The van der Waals surface area contributed by atoms with Crippen LogP contribution in [0.2, 0.25) is 0 Å². The minimum absolute atomic E-state index is 0.0595.